The number of hydrogen-bond donors (Lipinski definition) is 1. The Morgan fingerprint density at radius 3 is 2.72 bits per heavy atom. The van der Waals surface area contributed by atoms with Crippen LogP contribution in [-0.2, 0) is 0 Å². The number of rotatable bonds is 6. The van der Waals surface area contributed by atoms with Crippen LogP contribution in [0.2, 0.25) is 5.02 Å². The molecule has 1 atom stereocenters. The van der Waals surface area contributed by atoms with Crippen LogP contribution in [0.15, 0.2) is 12.1 Å². The van der Waals surface area contributed by atoms with Crippen molar-refractivity contribution in [1.29, 1.82) is 0 Å². The van der Waals surface area contributed by atoms with Gasteiger partial charge in [-0.2, -0.15) is 0 Å². The van der Waals surface area contributed by atoms with E-state index in [0.29, 0.717) is 29.3 Å². The molecule has 0 amide bonds. The summed E-state index contributed by atoms with van der Waals surface area (Å²) in [5.74, 6) is 1.87. The van der Waals surface area contributed by atoms with Gasteiger partial charge in [0.25, 0.3) is 0 Å². The summed E-state index contributed by atoms with van der Waals surface area (Å²) in [6, 6.07) is 3.76. The third-order valence-corrected chi connectivity index (χ3v) is 3.43. The molecule has 0 aromatic heterocycles. The van der Waals surface area contributed by atoms with E-state index >= 15 is 0 Å². The van der Waals surface area contributed by atoms with Crippen LogP contribution in [0.25, 0.3) is 0 Å². The Balaban J connectivity index is 2.35. The van der Waals surface area contributed by atoms with Gasteiger partial charge in [0.2, 0.25) is 0 Å². The topological polar surface area (TPSA) is 44.5 Å². The first-order valence-electron chi connectivity index (χ1n) is 6.39. The summed E-state index contributed by atoms with van der Waals surface area (Å²) >= 11 is 6.13. The molecule has 0 spiro atoms. The minimum Gasteiger partial charge on any atom is -0.493 e. The Hall–Kier alpha value is -0.930. The zero-order valence-electron chi connectivity index (χ0n) is 10.9. The van der Waals surface area contributed by atoms with E-state index in [1.807, 2.05) is 6.07 Å². The number of halogens is 1. The van der Waals surface area contributed by atoms with Crippen molar-refractivity contribution in [3.63, 3.8) is 0 Å². The zero-order valence-corrected chi connectivity index (χ0v) is 11.7. The van der Waals surface area contributed by atoms with Gasteiger partial charge in [-0.25, -0.2) is 0 Å². The average Bonchev–Trinajstić information content (AvgIpc) is 3.15. The van der Waals surface area contributed by atoms with Crippen molar-refractivity contribution < 1.29 is 9.47 Å². The standard InChI is InChI=1S/C14H20ClNO2/c1-9(5-6-16)12-7-10(15)8-13(17-2)14(12)18-11-3-4-11/h7-9,11H,3-6,16H2,1-2H3. The molecule has 0 radical (unpaired) electrons. The average molecular weight is 270 g/mol. The molecule has 1 aliphatic rings. The monoisotopic (exact) mass is 269 g/mol. The Kier molecular flexibility index (Phi) is 4.36. The van der Waals surface area contributed by atoms with Crippen molar-refractivity contribution in [3.05, 3.63) is 22.7 Å². The van der Waals surface area contributed by atoms with E-state index in [-0.39, 0.29) is 0 Å². The largest absolute Gasteiger partial charge is 0.493 e. The van der Waals surface area contributed by atoms with Gasteiger partial charge in [-0.3, -0.25) is 0 Å². The van der Waals surface area contributed by atoms with Crippen molar-refractivity contribution in [2.24, 2.45) is 5.73 Å². The van der Waals surface area contributed by atoms with Crippen LogP contribution in [0.5, 0.6) is 11.5 Å². The highest BCUT2D eigenvalue weighted by Gasteiger charge is 2.27. The van der Waals surface area contributed by atoms with Gasteiger partial charge in [-0.15, -0.1) is 0 Å². The summed E-state index contributed by atoms with van der Waals surface area (Å²) in [4.78, 5) is 0. The minimum atomic E-state index is 0.316. The first-order valence-corrected chi connectivity index (χ1v) is 6.77. The molecule has 4 heteroatoms. The van der Waals surface area contributed by atoms with E-state index in [1.165, 1.54) is 0 Å². The van der Waals surface area contributed by atoms with Gasteiger partial charge in [0.05, 0.1) is 13.2 Å². The van der Waals surface area contributed by atoms with E-state index in [0.717, 1.165) is 30.6 Å². The van der Waals surface area contributed by atoms with Crippen molar-refractivity contribution in [3.8, 4) is 11.5 Å². The molecule has 0 heterocycles. The Morgan fingerprint density at radius 2 is 2.17 bits per heavy atom. The smallest absolute Gasteiger partial charge is 0.165 e. The zero-order chi connectivity index (χ0) is 13.1. The van der Waals surface area contributed by atoms with Crippen LogP contribution in [0, 0.1) is 0 Å². The second-order valence-corrected chi connectivity index (χ2v) is 5.26. The number of hydrogen-bond acceptors (Lipinski definition) is 3. The maximum atomic E-state index is 6.13. The van der Waals surface area contributed by atoms with E-state index in [1.54, 1.807) is 13.2 Å². The van der Waals surface area contributed by atoms with Crippen LogP contribution in [-0.4, -0.2) is 19.8 Å². The molecular weight excluding hydrogens is 250 g/mol. The Bertz CT molecular complexity index is 419. The number of methoxy groups -OCH3 is 1. The normalized spacial score (nSPS) is 16.4. The quantitative estimate of drug-likeness (QED) is 0.861. The molecule has 3 nitrogen and oxygen atoms in total. The molecule has 1 aliphatic carbocycles. The third-order valence-electron chi connectivity index (χ3n) is 3.21. The van der Waals surface area contributed by atoms with Crippen LogP contribution in [0.3, 0.4) is 0 Å². The van der Waals surface area contributed by atoms with Crippen molar-refractivity contribution in [1.82, 2.24) is 0 Å². The van der Waals surface area contributed by atoms with Gasteiger partial charge in [-0.05, 0) is 37.8 Å². The minimum absolute atomic E-state index is 0.316. The molecule has 2 N–H and O–H groups in total. The number of benzene rings is 1. The predicted molar refractivity (Wildman–Crippen MR) is 73.7 cm³/mol. The molecule has 0 aliphatic heterocycles. The van der Waals surface area contributed by atoms with Gasteiger partial charge < -0.3 is 15.2 Å². The summed E-state index contributed by atoms with van der Waals surface area (Å²) in [5, 5.41) is 0.675. The lowest BCUT2D eigenvalue weighted by Crippen LogP contribution is -2.08. The molecule has 1 saturated carbocycles. The van der Waals surface area contributed by atoms with Crippen LogP contribution in [0.4, 0.5) is 0 Å². The predicted octanol–water partition coefficient (Wildman–Crippen LogP) is 3.34. The maximum absolute atomic E-state index is 6.13. The molecule has 0 saturated heterocycles. The number of nitrogens with two attached hydrogens (primary N) is 1. The first kappa shape index (κ1) is 13.5. The van der Waals surface area contributed by atoms with E-state index < -0.39 is 0 Å². The lowest BCUT2D eigenvalue weighted by atomic mass is 9.96. The van der Waals surface area contributed by atoms with E-state index in [2.05, 4.69) is 6.92 Å². The highest BCUT2D eigenvalue weighted by Crippen LogP contribution is 2.42. The van der Waals surface area contributed by atoms with Gasteiger partial charge in [0, 0.05) is 16.7 Å². The fraction of sp³-hybridized carbons (Fsp3) is 0.571. The van der Waals surface area contributed by atoms with Crippen molar-refractivity contribution in [2.45, 2.75) is 38.2 Å². The molecular formula is C14H20ClNO2. The van der Waals surface area contributed by atoms with Crippen LogP contribution < -0.4 is 15.2 Å². The maximum Gasteiger partial charge on any atom is 0.165 e. The van der Waals surface area contributed by atoms with E-state index in [4.69, 9.17) is 26.8 Å². The van der Waals surface area contributed by atoms with Gasteiger partial charge in [-0.1, -0.05) is 18.5 Å². The number of ether oxygens (including phenoxy) is 2. The molecule has 2 rings (SSSR count). The van der Waals surface area contributed by atoms with Gasteiger partial charge in [0.15, 0.2) is 11.5 Å². The molecule has 1 unspecified atom stereocenters. The fourth-order valence-corrected chi connectivity index (χ4v) is 2.21. The van der Waals surface area contributed by atoms with Crippen LogP contribution >= 0.6 is 11.6 Å². The SMILES string of the molecule is COc1cc(Cl)cc(C(C)CCN)c1OC1CC1. The molecule has 1 aromatic rings. The Morgan fingerprint density at radius 1 is 1.44 bits per heavy atom. The summed E-state index contributed by atoms with van der Waals surface area (Å²) < 4.78 is 11.4. The summed E-state index contributed by atoms with van der Waals surface area (Å²) in [6.07, 6.45) is 3.49. The third kappa shape index (κ3) is 3.09. The second-order valence-electron chi connectivity index (χ2n) is 4.82. The molecule has 18 heavy (non-hydrogen) atoms. The van der Waals surface area contributed by atoms with Gasteiger partial charge >= 0.3 is 0 Å². The lowest BCUT2D eigenvalue weighted by molar-refractivity contribution is 0.277. The molecule has 1 fully saturated rings. The highest BCUT2D eigenvalue weighted by atomic mass is 35.5. The van der Waals surface area contributed by atoms with E-state index in [9.17, 15) is 0 Å². The van der Waals surface area contributed by atoms with Gasteiger partial charge in [0.1, 0.15) is 0 Å². The summed E-state index contributed by atoms with van der Waals surface area (Å²) in [7, 11) is 1.64. The lowest BCUT2D eigenvalue weighted by Gasteiger charge is -2.19. The Labute approximate surface area is 113 Å². The van der Waals surface area contributed by atoms with Crippen molar-refractivity contribution >= 4 is 11.6 Å². The first-order chi connectivity index (χ1) is 8.65. The summed E-state index contributed by atoms with van der Waals surface area (Å²) in [6.45, 7) is 2.79. The van der Waals surface area contributed by atoms with Crippen molar-refractivity contribution in [2.75, 3.05) is 13.7 Å². The molecule has 100 valence electrons. The summed E-state index contributed by atoms with van der Waals surface area (Å²) in [5.41, 5.74) is 6.73. The van der Waals surface area contributed by atoms with Crippen LogP contribution in [0.1, 0.15) is 37.7 Å². The highest BCUT2D eigenvalue weighted by molar-refractivity contribution is 6.30. The molecule has 1 aromatic carbocycles. The fourth-order valence-electron chi connectivity index (χ4n) is 1.99. The molecule has 0 bridgehead atoms. The second kappa shape index (κ2) is 5.81.